The molecule has 0 aromatic heterocycles. The summed E-state index contributed by atoms with van der Waals surface area (Å²) in [5, 5.41) is 0. The summed E-state index contributed by atoms with van der Waals surface area (Å²) in [5.41, 5.74) is 0. The quantitative estimate of drug-likeness (QED) is 0.612. The highest BCUT2D eigenvalue weighted by molar-refractivity contribution is 7.77. The van der Waals surface area contributed by atoms with E-state index in [0.717, 1.165) is 13.0 Å². The van der Waals surface area contributed by atoms with Crippen LogP contribution in [0.1, 0.15) is 26.2 Å². The highest BCUT2D eigenvalue weighted by atomic mass is 32.1. The SMILES string of the molecule is CC(=O)CC1CCCN1S. The van der Waals surface area contributed by atoms with Crippen molar-refractivity contribution in [3.8, 4) is 0 Å². The predicted octanol–water partition coefficient (Wildman–Crippen LogP) is 1.27. The lowest BCUT2D eigenvalue weighted by molar-refractivity contribution is -0.117. The summed E-state index contributed by atoms with van der Waals surface area (Å²) in [5.74, 6) is 0.269. The van der Waals surface area contributed by atoms with Gasteiger partial charge in [0.05, 0.1) is 0 Å². The van der Waals surface area contributed by atoms with E-state index in [1.54, 1.807) is 6.92 Å². The van der Waals surface area contributed by atoms with Gasteiger partial charge in [-0.15, -0.1) is 0 Å². The van der Waals surface area contributed by atoms with Gasteiger partial charge in [0, 0.05) is 19.0 Å². The fraction of sp³-hybridized carbons (Fsp3) is 0.857. The van der Waals surface area contributed by atoms with Gasteiger partial charge in [0.1, 0.15) is 5.78 Å². The number of Topliss-reactive ketones (excluding diaryl/α,β-unsaturated/α-hetero) is 1. The molecule has 0 aromatic carbocycles. The minimum absolute atomic E-state index is 0.269. The van der Waals surface area contributed by atoms with E-state index in [9.17, 15) is 4.79 Å². The molecule has 0 aromatic rings. The van der Waals surface area contributed by atoms with Gasteiger partial charge in [0.2, 0.25) is 0 Å². The maximum atomic E-state index is 10.7. The minimum atomic E-state index is 0.269. The Morgan fingerprint density at radius 3 is 2.90 bits per heavy atom. The normalized spacial score (nSPS) is 27.2. The summed E-state index contributed by atoms with van der Waals surface area (Å²) < 4.78 is 1.97. The summed E-state index contributed by atoms with van der Waals surface area (Å²) in [7, 11) is 0. The second kappa shape index (κ2) is 3.39. The van der Waals surface area contributed by atoms with Gasteiger partial charge < -0.3 is 0 Å². The molecule has 0 N–H and O–H groups in total. The summed E-state index contributed by atoms with van der Waals surface area (Å²) >= 11 is 4.24. The third-order valence-electron chi connectivity index (χ3n) is 1.87. The molecule has 1 unspecified atom stereocenters. The molecule has 3 heteroatoms. The first-order valence-electron chi connectivity index (χ1n) is 3.65. The molecule has 0 amide bonds. The van der Waals surface area contributed by atoms with Crippen molar-refractivity contribution >= 4 is 18.6 Å². The lowest BCUT2D eigenvalue weighted by Crippen LogP contribution is -2.22. The van der Waals surface area contributed by atoms with Gasteiger partial charge in [-0.1, -0.05) is 12.8 Å². The van der Waals surface area contributed by atoms with Crippen LogP contribution in [0.4, 0.5) is 0 Å². The molecule has 0 spiro atoms. The molecule has 0 saturated carbocycles. The Balaban J connectivity index is 2.33. The topological polar surface area (TPSA) is 20.3 Å². The third-order valence-corrected chi connectivity index (χ3v) is 2.40. The van der Waals surface area contributed by atoms with Crippen molar-refractivity contribution in [2.45, 2.75) is 32.2 Å². The number of carbonyl (C=O) groups is 1. The van der Waals surface area contributed by atoms with Crippen LogP contribution in [0.2, 0.25) is 0 Å². The Labute approximate surface area is 67.1 Å². The lowest BCUT2D eigenvalue weighted by atomic mass is 10.1. The van der Waals surface area contributed by atoms with E-state index < -0.39 is 0 Å². The number of hydrogen-bond acceptors (Lipinski definition) is 3. The smallest absolute Gasteiger partial charge is 0.131 e. The third kappa shape index (κ3) is 1.99. The summed E-state index contributed by atoms with van der Waals surface area (Å²) in [6, 6.07) is 0.404. The van der Waals surface area contributed by atoms with Crippen LogP contribution in [0.15, 0.2) is 0 Å². The second-order valence-corrected chi connectivity index (χ2v) is 3.38. The molecular formula is C7H13NOS. The largest absolute Gasteiger partial charge is 0.300 e. The fourth-order valence-electron chi connectivity index (χ4n) is 1.36. The predicted molar refractivity (Wildman–Crippen MR) is 44.0 cm³/mol. The first-order chi connectivity index (χ1) is 4.70. The van der Waals surface area contributed by atoms with E-state index in [2.05, 4.69) is 12.8 Å². The van der Waals surface area contributed by atoms with Crippen LogP contribution >= 0.6 is 12.8 Å². The summed E-state index contributed by atoms with van der Waals surface area (Å²) in [6.07, 6.45) is 2.98. The highest BCUT2D eigenvalue weighted by Gasteiger charge is 2.22. The van der Waals surface area contributed by atoms with Crippen LogP contribution in [0.25, 0.3) is 0 Å². The van der Waals surface area contributed by atoms with Crippen molar-refractivity contribution in [1.29, 1.82) is 0 Å². The zero-order chi connectivity index (χ0) is 7.56. The number of hydrogen-bond donors (Lipinski definition) is 1. The van der Waals surface area contributed by atoms with Crippen LogP contribution in [0.3, 0.4) is 0 Å². The molecule has 58 valence electrons. The van der Waals surface area contributed by atoms with E-state index >= 15 is 0 Å². The van der Waals surface area contributed by atoms with Gasteiger partial charge in [0.15, 0.2) is 0 Å². The fourth-order valence-corrected chi connectivity index (χ4v) is 1.70. The number of rotatable bonds is 2. The Bertz CT molecular complexity index is 138. The van der Waals surface area contributed by atoms with Crippen molar-refractivity contribution in [2.75, 3.05) is 6.54 Å². The maximum absolute atomic E-state index is 10.7. The molecule has 1 atom stereocenters. The number of carbonyl (C=O) groups excluding carboxylic acids is 1. The molecule has 1 aliphatic rings. The zero-order valence-electron chi connectivity index (χ0n) is 6.21. The van der Waals surface area contributed by atoms with Crippen molar-refractivity contribution < 1.29 is 4.79 Å². The highest BCUT2D eigenvalue weighted by Crippen LogP contribution is 2.21. The van der Waals surface area contributed by atoms with Gasteiger partial charge in [-0.05, 0) is 19.8 Å². The van der Waals surface area contributed by atoms with Crippen LogP contribution in [0, 0.1) is 0 Å². The average Bonchev–Trinajstić information content (AvgIpc) is 2.15. The molecular weight excluding hydrogens is 146 g/mol. The maximum Gasteiger partial charge on any atom is 0.131 e. The van der Waals surface area contributed by atoms with Crippen LogP contribution < -0.4 is 0 Å². The van der Waals surface area contributed by atoms with Crippen LogP contribution in [-0.2, 0) is 4.79 Å². The van der Waals surface area contributed by atoms with Crippen molar-refractivity contribution in [3.05, 3.63) is 0 Å². The van der Waals surface area contributed by atoms with E-state index in [1.807, 2.05) is 4.31 Å². The number of thiol groups is 1. The Hall–Kier alpha value is -0.0200. The molecule has 0 bridgehead atoms. The first kappa shape index (κ1) is 8.08. The van der Waals surface area contributed by atoms with E-state index in [0.29, 0.717) is 12.5 Å². The molecule has 1 aliphatic heterocycles. The Morgan fingerprint density at radius 2 is 2.50 bits per heavy atom. The summed E-state index contributed by atoms with van der Waals surface area (Å²) in [4.78, 5) is 10.7. The van der Waals surface area contributed by atoms with Crippen LogP contribution in [0.5, 0.6) is 0 Å². The van der Waals surface area contributed by atoms with Gasteiger partial charge in [-0.3, -0.25) is 4.79 Å². The van der Waals surface area contributed by atoms with Crippen LogP contribution in [-0.4, -0.2) is 22.7 Å². The van der Waals surface area contributed by atoms with E-state index in [-0.39, 0.29) is 5.78 Å². The van der Waals surface area contributed by atoms with Crippen molar-refractivity contribution in [1.82, 2.24) is 4.31 Å². The van der Waals surface area contributed by atoms with Gasteiger partial charge in [0.25, 0.3) is 0 Å². The average molecular weight is 159 g/mol. The standard InChI is InChI=1S/C7H13NOS/c1-6(9)5-7-3-2-4-8(7)10/h7,10H,2-5H2,1H3. The molecule has 1 rings (SSSR count). The van der Waals surface area contributed by atoms with E-state index in [4.69, 9.17) is 0 Å². The lowest BCUT2D eigenvalue weighted by Gasteiger charge is -2.15. The molecule has 2 nitrogen and oxygen atoms in total. The van der Waals surface area contributed by atoms with Crippen molar-refractivity contribution in [2.24, 2.45) is 0 Å². The van der Waals surface area contributed by atoms with Gasteiger partial charge in [-0.2, -0.15) is 0 Å². The molecule has 10 heavy (non-hydrogen) atoms. The molecule has 1 fully saturated rings. The van der Waals surface area contributed by atoms with Crippen molar-refractivity contribution in [3.63, 3.8) is 0 Å². The molecule has 0 radical (unpaired) electrons. The molecule has 1 heterocycles. The molecule has 0 aliphatic carbocycles. The monoisotopic (exact) mass is 159 g/mol. The number of ketones is 1. The molecule has 1 saturated heterocycles. The van der Waals surface area contributed by atoms with Gasteiger partial charge >= 0.3 is 0 Å². The Kier molecular flexibility index (Phi) is 2.74. The summed E-state index contributed by atoms with van der Waals surface area (Å²) in [6.45, 7) is 2.67. The van der Waals surface area contributed by atoms with E-state index in [1.165, 1.54) is 6.42 Å². The van der Waals surface area contributed by atoms with Gasteiger partial charge in [-0.25, -0.2) is 4.31 Å². The minimum Gasteiger partial charge on any atom is -0.300 e. The second-order valence-electron chi connectivity index (χ2n) is 2.87. The number of nitrogens with zero attached hydrogens (tertiary/aromatic N) is 1. The Morgan fingerprint density at radius 1 is 1.80 bits per heavy atom. The first-order valence-corrected chi connectivity index (χ1v) is 4.05. The zero-order valence-corrected chi connectivity index (χ0v) is 7.10.